The van der Waals surface area contributed by atoms with Crippen molar-refractivity contribution in [2.75, 3.05) is 4.90 Å². The second-order valence-corrected chi connectivity index (χ2v) is 7.50. The van der Waals surface area contributed by atoms with Crippen molar-refractivity contribution >= 4 is 40.0 Å². The highest BCUT2D eigenvalue weighted by Crippen LogP contribution is 2.35. The number of hydrogen-bond acceptors (Lipinski definition) is 3. The summed E-state index contributed by atoms with van der Waals surface area (Å²) in [5, 5.41) is 1.94. The van der Waals surface area contributed by atoms with Gasteiger partial charge in [0.05, 0.1) is 10.9 Å². The molecule has 0 bridgehead atoms. The molecule has 0 aliphatic carbocycles. The molecule has 1 fully saturated rings. The van der Waals surface area contributed by atoms with Crippen molar-refractivity contribution < 1.29 is 9.59 Å². The zero-order valence-corrected chi connectivity index (χ0v) is 14.6. The third-order valence-corrected chi connectivity index (χ3v) is 5.58. The number of benzene rings is 3. The summed E-state index contributed by atoms with van der Waals surface area (Å²) in [6, 6.07) is 21.8. The molecule has 1 aliphatic rings. The third kappa shape index (κ3) is 3.05. The van der Waals surface area contributed by atoms with Crippen LogP contribution in [-0.4, -0.2) is 17.1 Å². The SMILES string of the molecule is Cc1ccc(N2C(=O)C[C@H](Sc3ccc4ccccc4c3)C2=O)cc1. The van der Waals surface area contributed by atoms with Crippen LogP contribution >= 0.6 is 11.8 Å². The predicted octanol–water partition coefficient (Wildman–Crippen LogP) is 4.57. The fourth-order valence-electron chi connectivity index (χ4n) is 3.07. The molecule has 0 unspecified atom stereocenters. The van der Waals surface area contributed by atoms with Gasteiger partial charge in [0.25, 0.3) is 0 Å². The van der Waals surface area contributed by atoms with E-state index in [9.17, 15) is 9.59 Å². The van der Waals surface area contributed by atoms with Gasteiger partial charge in [-0.15, -0.1) is 11.8 Å². The molecule has 2 amide bonds. The number of imide groups is 1. The van der Waals surface area contributed by atoms with E-state index in [0.717, 1.165) is 15.8 Å². The fourth-order valence-corrected chi connectivity index (χ4v) is 4.17. The molecule has 0 radical (unpaired) electrons. The van der Waals surface area contributed by atoms with Crippen LogP contribution in [0.4, 0.5) is 5.69 Å². The Hall–Kier alpha value is -2.59. The lowest BCUT2D eigenvalue weighted by molar-refractivity contribution is -0.121. The van der Waals surface area contributed by atoms with Gasteiger partial charge >= 0.3 is 0 Å². The van der Waals surface area contributed by atoms with E-state index in [1.807, 2.05) is 49.4 Å². The quantitative estimate of drug-likeness (QED) is 0.651. The molecule has 3 nitrogen and oxygen atoms in total. The summed E-state index contributed by atoms with van der Waals surface area (Å²) in [5.41, 5.74) is 1.76. The average molecular weight is 347 g/mol. The molecule has 124 valence electrons. The lowest BCUT2D eigenvalue weighted by Crippen LogP contribution is -2.31. The number of hydrogen-bond donors (Lipinski definition) is 0. The molecule has 25 heavy (non-hydrogen) atoms. The molecule has 3 aromatic rings. The molecular weight excluding hydrogens is 330 g/mol. The largest absolute Gasteiger partial charge is 0.274 e. The highest BCUT2D eigenvalue weighted by Gasteiger charge is 2.40. The van der Waals surface area contributed by atoms with Gasteiger partial charge in [-0.2, -0.15) is 0 Å². The van der Waals surface area contributed by atoms with E-state index in [0.29, 0.717) is 5.69 Å². The molecule has 3 aromatic carbocycles. The topological polar surface area (TPSA) is 37.4 Å². The normalized spacial score (nSPS) is 17.5. The molecule has 0 spiro atoms. The summed E-state index contributed by atoms with van der Waals surface area (Å²) in [6.45, 7) is 1.98. The van der Waals surface area contributed by atoms with E-state index < -0.39 is 0 Å². The highest BCUT2D eigenvalue weighted by molar-refractivity contribution is 8.00. The third-order valence-electron chi connectivity index (χ3n) is 4.40. The van der Waals surface area contributed by atoms with Gasteiger partial charge in [0, 0.05) is 11.3 Å². The van der Waals surface area contributed by atoms with Crippen molar-refractivity contribution in [1.29, 1.82) is 0 Å². The van der Waals surface area contributed by atoms with Crippen LogP contribution in [0.5, 0.6) is 0 Å². The highest BCUT2D eigenvalue weighted by atomic mass is 32.2. The number of rotatable bonds is 3. The molecule has 1 atom stereocenters. The predicted molar refractivity (Wildman–Crippen MR) is 102 cm³/mol. The summed E-state index contributed by atoms with van der Waals surface area (Å²) < 4.78 is 0. The van der Waals surface area contributed by atoms with E-state index >= 15 is 0 Å². The lowest BCUT2D eigenvalue weighted by Gasteiger charge is -2.15. The van der Waals surface area contributed by atoms with Crippen LogP contribution in [0.2, 0.25) is 0 Å². The van der Waals surface area contributed by atoms with Gasteiger partial charge in [-0.1, -0.05) is 48.0 Å². The first-order valence-electron chi connectivity index (χ1n) is 8.21. The molecule has 4 heteroatoms. The number of aryl methyl sites for hydroxylation is 1. The van der Waals surface area contributed by atoms with Crippen LogP contribution in [0.15, 0.2) is 71.6 Å². The van der Waals surface area contributed by atoms with Crippen LogP contribution in [-0.2, 0) is 9.59 Å². The van der Waals surface area contributed by atoms with Crippen LogP contribution < -0.4 is 4.90 Å². The Morgan fingerprint density at radius 3 is 2.40 bits per heavy atom. The zero-order chi connectivity index (χ0) is 17.4. The first kappa shape index (κ1) is 15.9. The van der Waals surface area contributed by atoms with E-state index in [1.165, 1.54) is 22.0 Å². The molecule has 1 heterocycles. The molecule has 0 saturated carbocycles. The monoisotopic (exact) mass is 347 g/mol. The van der Waals surface area contributed by atoms with Gasteiger partial charge in [-0.05, 0) is 42.0 Å². The maximum Gasteiger partial charge on any atom is 0.247 e. The minimum absolute atomic E-state index is 0.132. The van der Waals surface area contributed by atoms with E-state index in [-0.39, 0.29) is 23.5 Å². The zero-order valence-electron chi connectivity index (χ0n) is 13.8. The molecule has 4 rings (SSSR count). The Morgan fingerprint density at radius 2 is 1.64 bits per heavy atom. The van der Waals surface area contributed by atoms with E-state index in [4.69, 9.17) is 0 Å². The Bertz CT molecular complexity index is 965. The second kappa shape index (κ2) is 6.37. The summed E-state index contributed by atoms with van der Waals surface area (Å²) in [7, 11) is 0. The molecule has 0 aromatic heterocycles. The van der Waals surface area contributed by atoms with Gasteiger partial charge < -0.3 is 0 Å². The van der Waals surface area contributed by atoms with Crippen molar-refractivity contribution in [2.45, 2.75) is 23.5 Å². The molecular formula is C21H17NO2S. The first-order valence-corrected chi connectivity index (χ1v) is 9.09. The summed E-state index contributed by atoms with van der Waals surface area (Å²) in [4.78, 5) is 27.5. The van der Waals surface area contributed by atoms with Crippen LogP contribution in [0, 0.1) is 6.92 Å². The first-order chi connectivity index (χ1) is 12.1. The fraction of sp³-hybridized carbons (Fsp3) is 0.143. The second-order valence-electron chi connectivity index (χ2n) is 6.22. The van der Waals surface area contributed by atoms with Crippen molar-refractivity contribution in [3.8, 4) is 0 Å². The number of anilines is 1. The van der Waals surface area contributed by atoms with Gasteiger partial charge in [-0.3, -0.25) is 9.59 Å². The standard InChI is InChI=1S/C21H17NO2S/c1-14-6-9-17(10-7-14)22-20(23)13-19(21(22)24)25-18-11-8-15-4-2-3-5-16(15)12-18/h2-12,19H,13H2,1H3/t19-/m0/s1. The van der Waals surface area contributed by atoms with Crippen molar-refractivity contribution in [2.24, 2.45) is 0 Å². The van der Waals surface area contributed by atoms with Gasteiger partial charge in [-0.25, -0.2) is 4.90 Å². The molecule has 0 N–H and O–H groups in total. The Kier molecular flexibility index (Phi) is 4.06. The van der Waals surface area contributed by atoms with Crippen molar-refractivity contribution in [3.05, 3.63) is 72.3 Å². The van der Waals surface area contributed by atoms with E-state index in [1.54, 1.807) is 0 Å². The van der Waals surface area contributed by atoms with Crippen molar-refractivity contribution in [1.82, 2.24) is 0 Å². The van der Waals surface area contributed by atoms with E-state index in [2.05, 4.69) is 24.3 Å². The maximum atomic E-state index is 12.8. The maximum absolute atomic E-state index is 12.8. The van der Waals surface area contributed by atoms with Crippen LogP contribution in [0.1, 0.15) is 12.0 Å². The molecule has 1 saturated heterocycles. The number of fused-ring (bicyclic) bond motifs is 1. The number of amides is 2. The Morgan fingerprint density at radius 1 is 0.920 bits per heavy atom. The summed E-state index contributed by atoms with van der Waals surface area (Å²) in [5.74, 6) is -0.265. The minimum Gasteiger partial charge on any atom is -0.274 e. The van der Waals surface area contributed by atoms with Gasteiger partial charge in [0.1, 0.15) is 0 Å². The van der Waals surface area contributed by atoms with Crippen molar-refractivity contribution in [3.63, 3.8) is 0 Å². The summed E-state index contributed by atoms with van der Waals surface area (Å²) >= 11 is 1.47. The minimum atomic E-state index is -0.366. The van der Waals surface area contributed by atoms with Gasteiger partial charge in [0.2, 0.25) is 11.8 Å². The smallest absolute Gasteiger partial charge is 0.247 e. The van der Waals surface area contributed by atoms with Crippen LogP contribution in [0.25, 0.3) is 10.8 Å². The summed E-state index contributed by atoms with van der Waals surface area (Å²) in [6.07, 6.45) is 0.240. The number of carbonyl (C=O) groups excluding carboxylic acids is 2. The van der Waals surface area contributed by atoms with Gasteiger partial charge in [0.15, 0.2) is 0 Å². The number of nitrogens with zero attached hydrogens (tertiary/aromatic N) is 1. The molecule has 1 aliphatic heterocycles. The Labute approximate surface area is 150 Å². The Balaban J connectivity index is 1.57. The number of thioether (sulfide) groups is 1. The van der Waals surface area contributed by atoms with Crippen LogP contribution in [0.3, 0.4) is 0 Å². The number of carbonyl (C=O) groups is 2. The lowest BCUT2D eigenvalue weighted by atomic mass is 10.1. The average Bonchev–Trinajstić information content (AvgIpc) is 2.89.